The Morgan fingerprint density at radius 2 is 2.31 bits per heavy atom. The Hall–Kier alpha value is -0.680. The summed E-state index contributed by atoms with van der Waals surface area (Å²) in [6.45, 7) is 2.99. The van der Waals surface area contributed by atoms with Crippen LogP contribution in [0.15, 0.2) is 22.7 Å². The van der Waals surface area contributed by atoms with Crippen molar-refractivity contribution in [1.29, 1.82) is 0 Å². The van der Waals surface area contributed by atoms with E-state index in [2.05, 4.69) is 34.4 Å². The second-order valence-electron chi connectivity index (χ2n) is 3.43. The number of hydrogen-bond donors (Lipinski definition) is 2. The lowest BCUT2D eigenvalue weighted by atomic mass is 10.2. The lowest BCUT2D eigenvalue weighted by Gasteiger charge is -2.12. The summed E-state index contributed by atoms with van der Waals surface area (Å²) in [7, 11) is 0. The first-order valence-corrected chi connectivity index (χ1v) is 6.92. The number of carboxylic acids is 1. The number of carbonyl (C=O) groups is 1. The maximum Gasteiger partial charge on any atom is 0.335 e. The summed E-state index contributed by atoms with van der Waals surface area (Å²) in [5.74, 6) is -0.912. The van der Waals surface area contributed by atoms with Gasteiger partial charge in [0, 0.05) is 22.0 Å². The number of halogens is 1. The summed E-state index contributed by atoms with van der Waals surface area (Å²) in [6, 6.07) is 4.98. The van der Waals surface area contributed by atoms with E-state index in [9.17, 15) is 4.79 Å². The fourth-order valence-electron chi connectivity index (χ4n) is 1.13. The van der Waals surface area contributed by atoms with E-state index in [1.165, 1.54) is 0 Å². The van der Waals surface area contributed by atoms with Crippen molar-refractivity contribution in [2.75, 3.05) is 18.1 Å². The second kappa shape index (κ2) is 6.15. The van der Waals surface area contributed by atoms with Crippen LogP contribution in [0.3, 0.4) is 0 Å². The molecule has 0 aromatic heterocycles. The first kappa shape index (κ1) is 13.4. The molecule has 1 aromatic carbocycles. The second-order valence-corrected chi connectivity index (χ2v) is 5.56. The van der Waals surface area contributed by atoms with Crippen molar-refractivity contribution in [2.45, 2.75) is 12.2 Å². The lowest BCUT2D eigenvalue weighted by molar-refractivity contribution is 0.0697. The SMILES string of the molecule is CSC(C)CNc1ccc(C(=O)O)cc1Br. The molecular weight excluding hydrogens is 290 g/mol. The van der Waals surface area contributed by atoms with Crippen molar-refractivity contribution in [3.63, 3.8) is 0 Å². The van der Waals surface area contributed by atoms with Crippen LogP contribution in [-0.2, 0) is 0 Å². The number of benzene rings is 1. The quantitative estimate of drug-likeness (QED) is 0.876. The molecule has 0 aliphatic carbocycles. The standard InChI is InChI=1S/C11H14BrNO2S/c1-7(16-2)6-13-10-4-3-8(11(14)15)5-9(10)12/h3-5,7,13H,6H2,1-2H3,(H,14,15). The number of hydrogen-bond acceptors (Lipinski definition) is 3. The Bertz CT molecular complexity index is 384. The van der Waals surface area contributed by atoms with Crippen LogP contribution in [0.25, 0.3) is 0 Å². The third-order valence-corrected chi connectivity index (χ3v) is 3.83. The number of rotatable bonds is 5. The molecule has 5 heteroatoms. The predicted molar refractivity (Wildman–Crippen MR) is 72.6 cm³/mol. The number of thioether (sulfide) groups is 1. The Balaban J connectivity index is 2.72. The smallest absolute Gasteiger partial charge is 0.335 e. The molecule has 0 saturated carbocycles. The molecule has 2 N–H and O–H groups in total. The molecular formula is C11H14BrNO2S. The van der Waals surface area contributed by atoms with Gasteiger partial charge in [-0.2, -0.15) is 11.8 Å². The van der Waals surface area contributed by atoms with Gasteiger partial charge in [-0.15, -0.1) is 0 Å². The van der Waals surface area contributed by atoms with Crippen molar-refractivity contribution in [3.8, 4) is 0 Å². The first-order valence-electron chi connectivity index (χ1n) is 4.84. The highest BCUT2D eigenvalue weighted by Gasteiger charge is 2.07. The number of carboxylic acid groups (broad SMARTS) is 1. The summed E-state index contributed by atoms with van der Waals surface area (Å²) in [6.07, 6.45) is 2.06. The molecule has 0 amide bonds. The summed E-state index contributed by atoms with van der Waals surface area (Å²) >= 11 is 5.14. The van der Waals surface area contributed by atoms with Crippen molar-refractivity contribution < 1.29 is 9.90 Å². The van der Waals surface area contributed by atoms with Crippen molar-refractivity contribution in [3.05, 3.63) is 28.2 Å². The Labute approximate surface area is 108 Å². The molecule has 0 radical (unpaired) electrons. The molecule has 1 aromatic rings. The molecule has 1 atom stereocenters. The van der Waals surface area contributed by atoms with Crippen molar-refractivity contribution >= 4 is 39.3 Å². The van der Waals surface area contributed by atoms with Gasteiger partial charge in [0.05, 0.1) is 5.56 Å². The number of nitrogens with one attached hydrogen (secondary N) is 1. The van der Waals surface area contributed by atoms with E-state index in [0.717, 1.165) is 16.7 Å². The topological polar surface area (TPSA) is 49.3 Å². The molecule has 0 aliphatic heterocycles. The van der Waals surface area contributed by atoms with E-state index in [0.29, 0.717) is 5.25 Å². The fraction of sp³-hybridized carbons (Fsp3) is 0.364. The van der Waals surface area contributed by atoms with Gasteiger partial charge < -0.3 is 10.4 Å². The molecule has 0 bridgehead atoms. The summed E-state index contributed by atoms with van der Waals surface area (Å²) < 4.78 is 0.778. The van der Waals surface area contributed by atoms with E-state index in [4.69, 9.17) is 5.11 Å². The van der Waals surface area contributed by atoms with E-state index in [1.807, 2.05) is 0 Å². The minimum Gasteiger partial charge on any atom is -0.478 e. The zero-order valence-electron chi connectivity index (χ0n) is 9.16. The zero-order chi connectivity index (χ0) is 12.1. The molecule has 1 unspecified atom stereocenters. The number of anilines is 1. The van der Waals surface area contributed by atoms with E-state index >= 15 is 0 Å². The average Bonchev–Trinajstić information content (AvgIpc) is 2.26. The zero-order valence-corrected chi connectivity index (χ0v) is 11.6. The van der Waals surface area contributed by atoms with Crippen LogP contribution in [0.2, 0.25) is 0 Å². The summed E-state index contributed by atoms with van der Waals surface area (Å²) in [4.78, 5) is 10.7. The third kappa shape index (κ3) is 3.72. The van der Waals surface area contributed by atoms with E-state index in [1.54, 1.807) is 30.0 Å². The fourth-order valence-corrected chi connectivity index (χ4v) is 1.90. The molecule has 88 valence electrons. The van der Waals surface area contributed by atoms with E-state index in [-0.39, 0.29) is 5.56 Å². The Kier molecular flexibility index (Phi) is 5.15. The highest BCUT2D eigenvalue weighted by molar-refractivity contribution is 9.10. The maximum atomic E-state index is 10.7. The van der Waals surface area contributed by atoms with Gasteiger partial charge in [0.1, 0.15) is 0 Å². The summed E-state index contributed by atoms with van der Waals surface area (Å²) in [5.41, 5.74) is 1.21. The molecule has 0 aliphatic rings. The van der Waals surface area contributed by atoms with Crippen molar-refractivity contribution in [1.82, 2.24) is 0 Å². The Morgan fingerprint density at radius 1 is 1.62 bits per heavy atom. The van der Waals surface area contributed by atoms with Crippen molar-refractivity contribution in [2.24, 2.45) is 0 Å². The largest absolute Gasteiger partial charge is 0.478 e. The lowest BCUT2D eigenvalue weighted by Crippen LogP contribution is -2.13. The summed E-state index contributed by atoms with van der Waals surface area (Å²) in [5, 5.41) is 12.6. The maximum absolute atomic E-state index is 10.7. The van der Waals surface area contributed by atoms with Gasteiger partial charge in [0.2, 0.25) is 0 Å². The molecule has 3 nitrogen and oxygen atoms in total. The van der Waals surface area contributed by atoms with Gasteiger partial charge in [-0.05, 0) is 40.4 Å². The monoisotopic (exact) mass is 303 g/mol. The predicted octanol–water partition coefficient (Wildman–Crippen LogP) is 3.31. The highest BCUT2D eigenvalue weighted by atomic mass is 79.9. The normalized spacial score (nSPS) is 12.2. The van der Waals surface area contributed by atoms with E-state index < -0.39 is 5.97 Å². The molecule has 0 heterocycles. The van der Waals surface area contributed by atoms with Crippen LogP contribution in [0.1, 0.15) is 17.3 Å². The molecule has 0 fully saturated rings. The van der Waals surface area contributed by atoms with Gasteiger partial charge in [0.25, 0.3) is 0 Å². The van der Waals surface area contributed by atoms with Crippen LogP contribution in [0, 0.1) is 0 Å². The Morgan fingerprint density at radius 3 is 2.81 bits per heavy atom. The van der Waals surface area contributed by atoms with Crippen LogP contribution in [-0.4, -0.2) is 29.1 Å². The molecule has 1 rings (SSSR count). The van der Waals surface area contributed by atoms with Gasteiger partial charge in [-0.25, -0.2) is 4.79 Å². The number of aromatic carboxylic acids is 1. The third-order valence-electron chi connectivity index (χ3n) is 2.20. The van der Waals surface area contributed by atoms with Gasteiger partial charge >= 0.3 is 5.97 Å². The molecule has 16 heavy (non-hydrogen) atoms. The minimum absolute atomic E-state index is 0.287. The van der Waals surface area contributed by atoms with Crippen LogP contribution in [0.4, 0.5) is 5.69 Å². The first-order chi connectivity index (χ1) is 7.54. The van der Waals surface area contributed by atoms with Crippen LogP contribution < -0.4 is 5.32 Å². The minimum atomic E-state index is -0.912. The average molecular weight is 304 g/mol. The van der Waals surface area contributed by atoms with Crippen LogP contribution >= 0.6 is 27.7 Å². The molecule has 0 spiro atoms. The van der Waals surface area contributed by atoms with Gasteiger partial charge in [0.15, 0.2) is 0 Å². The molecule has 0 saturated heterocycles. The highest BCUT2D eigenvalue weighted by Crippen LogP contribution is 2.24. The van der Waals surface area contributed by atoms with Gasteiger partial charge in [-0.1, -0.05) is 6.92 Å². The van der Waals surface area contributed by atoms with Crippen LogP contribution in [0.5, 0.6) is 0 Å². The van der Waals surface area contributed by atoms with Gasteiger partial charge in [-0.3, -0.25) is 0 Å².